The fourth-order valence-electron chi connectivity index (χ4n) is 6.24. The molecule has 4 rings (SSSR count). The van der Waals surface area contributed by atoms with E-state index >= 15 is 0 Å². The monoisotopic (exact) mass is 595 g/mol. The Morgan fingerprint density at radius 1 is 1.16 bits per heavy atom. The number of fused-ring (bicyclic) bond motifs is 1. The molecule has 11 heteroatoms. The molecule has 1 atom stereocenters. The number of Topliss-reactive ketones (excluding diaryl/α,β-unsaturated/α-hetero) is 1. The molecule has 234 valence electrons. The highest BCUT2D eigenvalue weighted by atomic mass is 16.6. The van der Waals surface area contributed by atoms with Gasteiger partial charge in [-0.15, -0.1) is 0 Å². The molecule has 0 spiro atoms. The van der Waals surface area contributed by atoms with Gasteiger partial charge in [0, 0.05) is 31.6 Å². The highest BCUT2D eigenvalue weighted by molar-refractivity contribution is 6.00. The number of carbonyl (C=O) groups is 4. The Morgan fingerprint density at radius 2 is 1.86 bits per heavy atom. The minimum Gasteiger partial charge on any atom is -0.462 e. The number of benzene rings is 1. The zero-order valence-electron chi connectivity index (χ0n) is 26.2. The number of esters is 2. The van der Waals surface area contributed by atoms with Crippen LogP contribution in [0.25, 0.3) is 5.69 Å². The van der Waals surface area contributed by atoms with Gasteiger partial charge in [-0.25, -0.2) is 4.68 Å². The van der Waals surface area contributed by atoms with E-state index < -0.39 is 18.0 Å². The Morgan fingerprint density at radius 3 is 2.47 bits per heavy atom. The van der Waals surface area contributed by atoms with E-state index in [1.54, 1.807) is 6.07 Å². The lowest BCUT2D eigenvalue weighted by atomic mass is 9.75. The predicted molar refractivity (Wildman–Crippen MR) is 162 cm³/mol. The molecule has 1 fully saturated rings. The third-order valence-corrected chi connectivity index (χ3v) is 8.09. The maximum Gasteiger partial charge on any atom is 0.309 e. The maximum absolute atomic E-state index is 13.0. The van der Waals surface area contributed by atoms with Gasteiger partial charge in [0.25, 0.3) is 5.91 Å². The summed E-state index contributed by atoms with van der Waals surface area (Å²) in [5.41, 5.74) is 9.74. The molecular weight excluding hydrogens is 550 g/mol. The quantitative estimate of drug-likeness (QED) is 0.370. The van der Waals surface area contributed by atoms with Crippen molar-refractivity contribution in [3.8, 4) is 5.69 Å². The highest BCUT2D eigenvalue weighted by Gasteiger charge is 2.36. The second-order valence-corrected chi connectivity index (χ2v) is 12.9. The number of ether oxygens (including phenoxy) is 2. The third kappa shape index (κ3) is 8.01. The number of rotatable bonds is 11. The molecular formula is C32H45N5O6. The fourth-order valence-corrected chi connectivity index (χ4v) is 6.24. The van der Waals surface area contributed by atoms with Gasteiger partial charge < -0.3 is 25.4 Å². The zero-order valence-corrected chi connectivity index (χ0v) is 26.2. The summed E-state index contributed by atoms with van der Waals surface area (Å²) in [5.74, 6) is -1.23. The average molecular weight is 596 g/mol. The number of carbonyl (C=O) groups excluding carboxylic acids is 4. The minimum atomic E-state index is -0.560. The summed E-state index contributed by atoms with van der Waals surface area (Å²) in [6.45, 7) is 7.94. The summed E-state index contributed by atoms with van der Waals surface area (Å²) in [4.78, 5) is 51.3. The Balaban J connectivity index is 1.45. The van der Waals surface area contributed by atoms with Crippen molar-refractivity contribution in [3.05, 3.63) is 40.7 Å². The van der Waals surface area contributed by atoms with Crippen molar-refractivity contribution in [2.24, 2.45) is 11.1 Å². The molecule has 1 amide bonds. The molecule has 2 aromatic rings. The van der Waals surface area contributed by atoms with Crippen molar-refractivity contribution in [1.29, 1.82) is 0 Å². The number of ketones is 1. The first-order valence-corrected chi connectivity index (χ1v) is 15.1. The van der Waals surface area contributed by atoms with Crippen molar-refractivity contribution in [3.63, 3.8) is 0 Å². The van der Waals surface area contributed by atoms with Gasteiger partial charge in [0.05, 0.1) is 34.6 Å². The van der Waals surface area contributed by atoms with E-state index in [9.17, 15) is 19.2 Å². The van der Waals surface area contributed by atoms with Crippen molar-refractivity contribution in [2.75, 3.05) is 26.0 Å². The van der Waals surface area contributed by atoms with Crippen LogP contribution in [-0.4, -0.2) is 77.2 Å². The summed E-state index contributed by atoms with van der Waals surface area (Å²) in [6.07, 6.45) is 3.86. The number of nitrogens with two attached hydrogens (primary N) is 1. The fraction of sp³-hybridized carbons (Fsp3) is 0.594. The first kappa shape index (κ1) is 32.2. The number of amides is 1. The molecule has 0 radical (unpaired) electrons. The second-order valence-electron chi connectivity index (χ2n) is 12.9. The molecule has 2 aliphatic carbocycles. The van der Waals surface area contributed by atoms with Gasteiger partial charge in [0.15, 0.2) is 5.78 Å². The Hall–Kier alpha value is -3.73. The number of anilines is 1. The summed E-state index contributed by atoms with van der Waals surface area (Å²) in [7, 11) is 3.70. The Kier molecular flexibility index (Phi) is 9.94. The van der Waals surface area contributed by atoms with E-state index in [0.29, 0.717) is 43.5 Å². The van der Waals surface area contributed by atoms with Crippen LogP contribution in [0.3, 0.4) is 0 Å². The first-order valence-electron chi connectivity index (χ1n) is 15.1. The molecule has 0 saturated heterocycles. The molecule has 2 aliphatic rings. The van der Waals surface area contributed by atoms with Crippen LogP contribution in [0, 0.1) is 5.41 Å². The minimum absolute atomic E-state index is 0.00432. The van der Waals surface area contributed by atoms with Crippen LogP contribution in [-0.2, 0) is 31.9 Å². The van der Waals surface area contributed by atoms with E-state index in [0.717, 1.165) is 41.9 Å². The summed E-state index contributed by atoms with van der Waals surface area (Å²) in [6, 6.07) is 5.45. The summed E-state index contributed by atoms with van der Waals surface area (Å²) >= 11 is 0. The molecule has 0 bridgehead atoms. The van der Waals surface area contributed by atoms with Gasteiger partial charge in [-0.1, -0.05) is 20.8 Å². The molecule has 1 unspecified atom stereocenters. The van der Waals surface area contributed by atoms with E-state index in [1.165, 1.54) is 6.92 Å². The lowest BCUT2D eigenvalue weighted by Crippen LogP contribution is -2.35. The molecule has 1 aromatic carbocycles. The van der Waals surface area contributed by atoms with E-state index in [1.807, 2.05) is 42.7 Å². The number of hydrogen-bond acceptors (Lipinski definition) is 9. The van der Waals surface area contributed by atoms with Gasteiger partial charge in [0.2, 0.25) is 0 Å². The standard InChI is InChI=1S/C32H45N5O6/c1-7-25-30-27(16-32(3,4)17-28(30)39)37(35-25)21-10-13-24(31(33)41)26(14-21)34-20-8-11-22(12-9-20)43-29(40)15-23(18-36(5)6)42-19(2)38/h10,13-14,20,22-23,34H,7-9,11-12,15-18H2,1-6H3,(H2,33,41)/t20-,22-,23?. The molecule has 43 heavy (non-hydrogen) atoms. The molecule has 3 N–H and O–H groups in total. The first-order chi connectivity index (χ1) is 20.3. The topological polar surface area (TPSA) is 146 Å². The van der Waals surface area contributed by atoms with E-state index in [-0.39, 0.29) is 35.7 Å². The number of primary amides is 1. The largest absolute Gasteiger partial charge is 0.462 e. The van der Waals surface area contributed by atoms with Crippen LogP contribution in [0.1, 0.15) is 98.3 Å². The number of hydrogen-bond donors (Lipinski definition) is 2. The lowest BCUT2D eigenvalue weighted by Gasteiger charge is -2.31. The summed E-state index contributed by atoms with van der Waals surface area (Å²) in [5, 5.41) is 8.33. The number of aryl methyl sites for hydroxylation is 1. The average Bonchev–Trinajstić information content (AvgIpc) is 3.26. The van der Waals surface area contributed by atoms with Crippen LogP contribution in [0.4, 0.5) is 5.69 Å². The third-order valence-electron chi connectivity index (χ3n) is 8.09. The molecule has 0 aliphatic heterocycles. The lowest BCUT2D eigenvalue weighted by molar-refractivity contribution is -0.158. The van der Waals surface area contributed by atoms with Gasteiger partial charge in [-0.05, 0) is 76.2 Å². The van der Waals surface area contributed by atoms with E-state index in [4.69, 9.17) is 20.3 Å². The summed E-state index contributed by atoms with van der Waals surface area (Å²) < 4.78 is 12.8. The Labute approximate surface area is 253 Å². The molecule has 1 saturated carbocycles. The van der Waals surface area contributed by atoms with Crippen LogP contribution >= 0.6 is 0 Å². The van der Waals surface area contributed by atoms with Crippen molar-refractivity contribution >= 4 is 29.3 Å². The van der Waals surface area contributed by atoms with Crippen LogP contribution in [0.15, 0.2) is 18.2 Å². The van der Waals surface area contributed by atoms with Gasteiger partial charge in [0.1, 0.15) is 12.2 Å². The number of nitrogens with zero attached hydrogens (tertiary/aromatic N) is 3. The second kappa shape index (κ2) is 13.3. The van der Waals surface area contributed by atoms with Crippen LogP contribution < -0.4 is 11.1 Å². The predicted octanol–water partition coefficient (Wildman–Crippen LogP) is 3.84. The number of aromatic nitrogens is 2. The van der Waals surface area contributed by atoms with E-state index in [2.05, 4.69) is 19.2 Å². The normalized spacial score (nSPS) is 20.3. The van der Waals surface area contributed by atoms with Gasteiger partial charge in [-0.3, -0.25) is 19.2 Å². The van der Waals surface area contributed by atoms with Crippen molar-refractivity contribution < 1.29 is 28.7 Å². The number of likely N-dealkylation sites (N-methyl/N-ethyl adjacent to an activating group) is 1. The molecule has 1 heterocycles. The molecule has 1 aromatic heterocycles. The van der Waals surface area contributed by atoms with Crippen molar-refractivity contribution in [1.82, 2.24) is 14.7 Å². The highest BCUT2D eigenvalue weighted by Crippen LogP contribution is 2.38. The van der Waals surface area contributed by atoms with Crippen molar-refractivity contribution in [2.45, 2.75) is 97.3 Å². The molecule has 11 nitrogen and oxygen atoms in total. The maximum atomic E-state index is 13.0. The van der Waals surface area contributed by atoms with Crippen LogP contribution in [0.2, 0.25) is 0 Å². The zero-order chi connectivity index (χ0) is 31.5. The van der Waals surface area contributed by atoms with Gasteiger partial charge in [-0.2, -0.15) is 5.10 Å². The van der Waals surface area contributed by atoms with Gasteiger partial charge >= 0.3 is 11.9 Å². The Bertz CT molecular complexity index is 1370. The number of nitrogens with one attached hydrogen (secondary N) is 1. The SMILES string of the molecule is CCc1nn(-c2ccc(C(N)=O)c(N[C@H]3CC[C@H](OC(=O)CC(CN(C)C)OC(C)=O)CC3)c2)c2c1C(=O)CC(C)(C)C2. The smallest absolute Gasteiger partial charge is 0.309 e. The van der Waals surface area contributed by atoms with Crippen LogP contribution in [0.5, 0.6) is 0 Å².